The van der Waals surface area contributed by atoms with E-state index in [0.29, 0.717) is 5.56 Å². The summed E-state index contributed by atoms with van der Waals surface area (Å²) in [7, 11) is 0. The van der Waals surface area contributed by atoms with Gasteiger partial charge < -0.3 is 20.5 Å². The van der Waals surface area contributed by atoms with Gasteiger partial charge in [0.1, 0.15) is 5.82 Å². The average Bonchev–Trinajstić information content (AvgIpc) is 3.32. The number of halogens is 1. The van der Waals surface area contributed by atoms with Crippen LogP contribution in [0, 0.1) is 5.82 Å². The zero-order valence-corrected chi connectivity index (χ0v) is 19.7. The zero-order chi connectivity index (χ0) is 24.0. The van der Waals surface area contributed by atoms with E-state index in [-0.39, 0.29) is 36.4 Å². The summed E-state index contributed by atoms with van der Waals surface area (Å²) in [6.45, 7) is 5.67. The maximum Gasteiger partial charge on any atom is 0.331 e. The molecule has 0 unspecified atom stereocenters. The summed E-state index contributed by atoms with van der Waals surface area (Å²) in [5, 5.41) is 15.9. The van der Waals surface area contributed by atoms with Gasteiger partial charge in [0, 0.05) is 30.6 Å². The van der Waals surface area contributed by atoms with E-state index in [1.54, 1.807) is 18.2 Å². The van der Waals surface area contributed by atoms with Gasteiger partial charge in [-0.25, -0.2) is 9.18 Å². The summed E-state index contributed by atoms with van der Waals surface area (Å²) in [5.74, 6) is -1.53. The first-order chi connectivity index (χ1) is 15.8. The van der Waals surface area contributed by atoms with Gasteiger partial charge >= 0.3 is 5.97 Å². The van der Waals surface area contributed by atoms with Crippen molar-refractivity contribution < 1.29 is 23.8 Å². The predicted molar refractivity (Wildman–Crippen MR) is 126 cm³/mol. The van der Waals surface area contributed by atoms with Crippen molar-refractivity contribution in [2.45, 2.75) is 90.1 Å². The van der Waals surface area contributed by atoms with Crippen LogP contribution < -0.4 is 10.6 Å². The summed E-state index contributed by atoms with van der Waals surface area (Å²) in [4.78, 5) is 23.7. The van der Waals surface area contributed by atoms with Crippen molar-refractivity contribution in [3.8, 4) is 0 Å². The molecule has 3 N–H and O–H groups in total. The van der Waals surface area contributed by atoms with Crippen LogP contribution in [0.15, 0.2) is 35.9 Å². The van der Waals surface area contributed by atoms with Crippen LogP contribution in [0.1, 0.15) is 70.4 Å². The maximum absolute atomic E-state index is 14.8. The Kier molecular flexibility index (Phi) is 8.80. The molecule has 1 aromatic carbocycles. The molecular weight excluding hydrogens is 423 g/mol. The van der Waals surface area contributed by atoms with Crippen LogP contribution >= 0.6 is 0 Å². The van der Waals surface area contributed by atoms with Gasteiger partial charge in [0.05, 0.1) is 18.2 Å². The first-order valence-electron chi connectivity index (χ1n) is 11.9. The lowest BCUT2D eigenvalue weighted by Crippen LogP contribution is -2.58. The number of carbonyl (C=O) groups excluding carboxylic acids is 1. The highest BCUT2D eigenvalue weighted by Crippen LogP contribution is 2.29. The zero-order valence-electron chi connectivity index (χ0n) is 19.7. The highest BCUT2D eigenvalue weighted by molar-refractivity contribution is 5.87. The predicted octanol–water partition coefficient (Wildman–Crippen LogP) is 4.34. The van der Waals surface area contributed by atoms with Crippen molar-refractivity contribution in [2.75, 3.05) is 0 Å². The van der Waals surface area contributed by atoms with Gasteiger partial charge in [0.2, 0.25) is 5.91 Å². The lowest BCUT2D eigenvalue weighted by Gasteiger charge is -2.38. The van der Waals surface area contributed by atoms with Crippen LogP contribution in [0.5, 0.6) is 0 Å². The molecule has 0 heterocycles. The Labute approximate surface area is 195 Å². The second-order valence-electron chi connectivity index (χ2n) is 8.88. The number of aliphatic carboxylic acids is 1. The Hall–Kier alpha value is -2.51. The highest BCUT2D eigenvalue weighted by atomic mass is 19.1. The molecule has 7 heteroatoms. The topological polar surface area (TPSA) is 87.7 Å². The molecule has 2 aliphatic carbocycles. The Bertz CT molecular complexity index is 923. The molecule has 3 rings (SSSR count). The van der Waals surface area contributed by atoms with Crippen molar-refractivity contribution in [1.82, 2.24) is 10.6 Å². The van der Waals surface area contributed by atoms with Crippen LogP contribution in [-0.2, 0) is 20.9 Å². The Morgan fingerprint density at radius 3 is 2.61 bits per heavy atom. The van der Waals surface area contributed by atoms with Crippen molar-refractivity contribution in [1.29, 1.82) is 0 Å². The third-order valence-electron chi connectivity index (χ3n) is 6.52. The molecule has 33 heavy (non-hydrogen) atoms. The number of carboxylic acids is 1. The number of carbonyl (C=O) groups is 2. The minimum Gasteiger partial charge on any atom is -0.478 e. The molecule has 2 aliphatic rings. The van der Waals surface area contributed by atoms with Gasteiger partial charge in [0.15, 0.2) is 0 Å². The van der Waals surface area contributed by atoms with Crippen molar-refractivity contribution in [3.63, 3.8) is 0 Å². The lowest BCUT2D eigenvalue weighted by molar-refractivity contribution is -0.133. The van der Waals surface area contributed by atoms with Crippen molar-refractivity contribution in [2.24, 2.45) is 0 Å². The summed E-state index contributed by atoms with van der Waals surface area (Å²) in [6.07, 6.45) is 8.00. The quantitative estimate of drug-likeness (QED) is 0.485. The molecule has 0 fully saturated rings. The molecule has 3 atom stereocenters. The monoisotopic (exact) mass is 458 g/mol. The van der Waals surface area contributed by atoms with E-state index >= 15 is 0 Å². The molecule has 1 amide bonds. The van der Waals surface area contributed by atoms with Crippen LogP contribution in [0.2, 0.25) is 0 Å². The number of nitrogens with one attached hydrogen (secondary N) is 2. The summed E-state index contributed by atoms with van der Waals surface area (Å²) in [6, 6.07) is 4.41. The van der Waals surface area contributed by atoms with Gasteiger partial charge in [-0.2, -0.15) is 0 Å². The van der Waals surface area contributed by atoms with Crippen LogP contribution in [0.4, 0.5) is 4.39 Å². The van der Waals surface area contributed by atoms with Crippen LogP contribution in [-0.4, -0.2) is 41.3 Å². The van der Waals surface area contributed by atoms with E-state index in [1.165, 1.54) is 12.5 Å². The minimum atomic E-state index is -1.01. The molecule has 1 aromatic rings. The highest BCUT2D eigenvalue weighted by Gasteiger charge is 2.37. The van der Waals surface area contributed by atoms with E-state index in [4.69, 9.17) is 4.74 Å². The Balaban J connectivity index is 1.79. The molecular formula is C26H35FN2O4. The fraction of sp³-hybridized carbons (Fsp3) is 0.538. The number of rotatable bonds is 10. The third-order valence-corrected chi connectivity index (χ3v) is 6.52. The molecule has 0 aromatic heterocycles. The van der Waals surface area contributed by atoms with Crippen LogP contribution in [0.25, 0.3) is 5.57 Å². The van der Waals surface area contributed by atoms with Crippen molar-refractivity contribution >= 4 is 17.4 Å². The normalized spacial score (nSPS) is 22.8. The average molecular weight is 459 g/mol. The van der Waals surface area contributed by atoms with Gasteiger partial charge in [-0.15, -0.1) is 0 Å². The molecule has 180 valence electrons. The smallest absolute Gasteiger partial charge is 0.331 e. The summed E-state index contributed by atoms with van der Waals surface area (Å²) < 4.78 is 21.0. The first-order valence-corrected chi connectivity index (χ1v) is 11.9. The van der Waals surface area contributed by atoms with Gasteiger partial charge in [0.25, 0.3) is 0 Å². The van der Waals surface area contributed by atoms with E-state index in [0.717, 1.165) is 37.7 Å². The number of hydrogen-bond donors (Lipinski definition) is 3. The number of benzene rings is 1. The Morgan fingerprint density at radius 2 is 2.03 bits per heavy atom. The van der Waals surface area contributed by atoms with Gasteiger partial charge in [-0.3, -0.25) is 4.79 Å². The SMILES string of the molecule is CCC(CC)O[C@@H]1C=C(C(=O)O)C[C@H](NCc2ccc(C3=CCCC3)cc2F)[C@H]1NC(C)=O. The molecule has 0 saturated carbocycles. The largest absolute Gasteiger partial charge is 0.478 e. The third kappa shape index (κ3) is 6.51. The second-order valence-corrected chi connectivity index (χ2v) is 8.88. The molecule has 0 spiro atoms. The molecule has 6 nitrogen and oxygen atoms in total. The van der Waals surface area contributed by atoms with E-state index < -0.39 is 24.2 Å². The summed E-state index contributed by atoms with van der Waals surface area (Å²) in [5.41, 5.74) is 2.83. The fourth-order valence-corrected chi connectivity index (χ4v) is 4.63. The minimum absolute atomic E-state index is 0.0498. The fourth-order valence-electron chi connectivity index (χ4n) is 4.63. The standard InChI is InChI=1S/C26H35FN2O4/c1-4-21(5-2)33-24-14-20(26(31)32)13-23(25(24)29-16(3)30)28-15-19-11-10-18(12-22(19)27)17-8-6-7-9-17/h8,10-12,14,21,23-25,28H,4-7,9,13,15H2,1-3H3,(H,29,30)(H,31,32)/t23-,24+,25+/m0/s1. The lowest BCUT2D eigenvalue weighted by atomic mass is 9.87. The van der Waals surface area contributed by atoms with E-state index in [2.05, 4.69) is 16.7 Å². The first kappa shape index (κ1) is 25.1. The van der Waals surface area contributed by atoms with E-state index in [9.17, 15) is 19.1 Å². The number of amides is 1. The number of ether oxygens (including phenoxy) is 1. The Morgan fingerprint density at radius 1 is 1.27 bits per heavy atom. The number of carboxylic acid groups (broad SMARTS) is 1. The number of hydrogen-bond acceptors (Lipinski definition) is 4. The van der Waals surface area contributed by atoms with E-state index in [1.807, 2.05) is 19.9 Å². The molecule has 0 bridgehead atoms. The molecule has 0 saturated heterocycles. The van der Waals surface area contributed by atoms with Gasteiger partial charge in [-0.1, -0.05) is 32.1 Å². The number of allylic oxidation sites excluding steroid dienone is 2. The second kappa shape index (κ2) is 11.6. The summed E-state index contributed by atoms with van der Waals surface area (Å²) >= 11 is 0. The molecule has 0 radical (unpaired) electrons. The van der Waals surface area contributed by atoms with Crippen LogP contribution in [0.3, 0.4) is 0 Å². The van der Waals surface area contributed by atoms with Crippen molar-refractivity contribution in [3.05, 3.63) is 52.9 Å². The maximum atomic E-state index is 14.8. The van der Waals surface area contributed by atoms with Gasteiger partial charge in [-0.05, 0) is 61.8 Å². The molecule has 0 aliphatic heterocycles.